The predicted octanol–water partition coefficient (Wildman–Crippen LogP) is 8.24. The van der Waals surface area contributed by atoms with E-state index in [-0.39, 0.29) is 0 Å². The van der Waals surface area contributed by atoms with E-state index < -0.39 is 0 Å². The van der Waals surface area contributed by atoms with Crippen molar-refractivity contribution in [1.82, 2.24) is 0 Å². The lowest BCUT2D eigenvalue weighted by Crippen LogP contribution is -1.92. The minimum absolute atomic E-state index is 0.675. The van der Waals surface area contributed by atoms with E-state index in [1.165, 1.54) is 44.2 Å². The zero-order chi connectivity index (χ0) is 21.0. The van der Waals surface area contributed by atoms with Crippen molar-refractivity contribution < 1.29 is 4.74 Å². The van der Waals surface area contributed by atoms with Crippen LogP contribution >= 0.6 is 0 Å². The number of rotatable bonds is 5. The van der Waals surface area contributed by atoms with Gasteiger partial charge in [0.25, 0.3) is 0 Å². The van der Waals surface area contributed by atoms with Gasteiger partial charge in [-0.2, -0.15) is 0 Å². The van der Waals surface area contributed by atoms with Gasteiger partial charge in [0.15, 0.2) is 0 Å². The molecule has 0 atom stereocenters. The van der Waals surface area contributed by atoms with Gasteiger partial charge in [0.2, 0.25) is 0 Å². The maximum Gasteiger partial charge on any atom is 0.119 e. The van der Waals surface area contributed by atoms with Crippen molar-refractivity contribution >= 4 is 10.8 Å². The van der Waals surface area contributed by atoms with Crippen LogP contribution in [-0.2, 0) is 0 Å². The van der Waals surface area contributed by atoms with Crippen molar-refractivity contribution in [1.29, 1.82) is 0 Å². The average molecular weight is 401 g/mol. The van der Waals surface area contributed by atoms with Crippen molar-refractivity contribution in [2.75, 3.05) is 6.61 Å². The molecule has 0 aliphatic carbocycles. The standard InChI is InChI=1S/C30H24O/c1-2-31-27-19-18-24-20-26(17-16-25(24)21-27)30-28(22-10-5-3-6-11-22)14-9-15-29(30)23-12-7-4-8-13-23/h3-21H,2H2,1H3. The third-order valence-corrected chi connectivity index (χ3v) is 5.65. The molecule has 0 aliphatic heterocycles. The van der Waals surface area contributed by atoms with Crippen LogP contribution in [0.25, 0.3) is 44.2 Å². The Hall–Kier alpha value is -3.84. The second kappa shape index (κ2) is 8.49. The van der Waals surface area contributed by atoms with Gasteiger partial charge in [-0.1, -0.05) is 97.1 Å². The highest BCUT2D eigenvalue weighted by Crippen LogP contribution is 2.41. The molecular formula is C30H24O. The molecule has 5 aromatic carbocycles. The molecule has 0 heterocycles. The van der Waals surface area contributed by atoms with Gasteiger partial charge in [-0.15, -0.1) is 0 Å². The van der Waals surface area contributed by atoms with E-state index in [0.717, 1.165) is 5.75 Å². The summed E-state index contributed by atoms with van der Waals surface area (Å²) in [5, 5.41) is 2.40. The molecule has 1 heteroatoms. The van der Waals surface area contributed by atoms with Crippen molar-refractivity contribution in [2.45, 2.75) is 6.92 Å². The summed E-state index contributed by atoms with van der Waals surface area (Å²) in [6.07, 6.45) is 0. The predicted molar refractivity (Wildman–Crippen MR) is 131 cm³/mol. The molecule has 0 fully saturated rings. The zero-order valence-electron chi connectivity index (χ0n) is 17.6. The Balaban J connectivity index is 1.74. The van der Waals surface area contributed by atoms with Gasteiger partial charge in [-0.05, 0) is 69.3 Å². The Kier molecular flexibility index (Phi) is 5.24. The SMILES string of the molecule is CCOc1ccc2cc(-c3c(-c4ccccc4)cccc3-c3ccccc3)ccc2c1. The van der Waals surface area contributed by atoms with Crippen LogP contribution in [-0.4, -0.2) is 6.61 Å². The summed E-state index contributed by atoms with van der Waals surface area (Å²) in [4.78, 5) is 0. The molecule has 0 unspecified atom stereocenters. The molecule has 0 saturated carbocycles. The minimum atomic E-state index is 0.675. The number of hydrogen-bond acceptors (Lipinski definition) is 1. The summed E-state index contributed by atoms with van der Waals surface area (Å²) in [6.45, 7) is 2.69. The van der Waals surface area contributed by atoms with Crippen LogP contribution in [0, 0.1) is 0 Å². The van der Waals surface area contributed by atoms with Gasteiger partial charge in [0.05, 0.1) is 6.61 Å². The summed E-state index contributed by atoms with van der Waals surface area (Å²) < 4.78 is 5.68. The molecular weight excluding hydrogens is 376 g/mol. The van der Waals surface area contributed by atoms with Crippen molar-refractivity contribution in [3.05, 3.63) is 115 Å². The van der Waals surface area contributed by atoms with E-state index in [0.29, 0.717) is 6.61 Å². The van der Waals surface area contributed by atoms with Gasteiger partial charge in [0.1, 0.15) is 5.75 Å². The first-order chi connectivity index (χ1) is 15.3. The fourth-order valence-electron chi connectivity index (χ4n) is 4.22. The van der Waals surface area contributed by atoms with Crippen LogP contribution in [0.15, 0.2) is 115 Å². The van der Waals surface area contributed by atoms with Gasteiger partial charge in [-0.25, -0.2) is 0 Å². The first-order valence-corrected chi connectivity index (χ1v) is 10.7. The third-order valence-electron chi connectivity index (χ3n) is 5.65. The van der Waals surface area contributed by atoms with Crippen LogP contribution in [0.5, 0.6) is 5.75 Å². The van der Waals surface area contributed by atoms with E-state index in [2.05, 4.69) is 115 Å². The molecule has 5 aromatic rings. The molecule has 0 saturated heterocycles. The summed E-state index contributed by atoms with van der Waals surface area (Å²) >= 11 is 0. The second-order valence-corrected chi connectivity index (χ2v) is 7.62. The Labute approximate surface area is 183 Å². The molecule has 0 amide bonds. The van der Waals surface area contributed by atoms with Gasteiger partial charge >= 0.3 is 0 Å². The Morgan fingerprint density at radius 3 is 1.71 bits per heavy atom. The summed E-state index contributed by atoms with van der Waals surface area (Å²) in [7, 11) is 0. The maximum absolute atomic E-state index is 5.68. The molecule has 0 aliphatic rings. The Morgan fingerprint density at radius 2 is 1.10 bits per heavy atom. The zero-order valence-corrected chi connectivity index (χ0v) is 17.6. The van der Waals surface area contributed by atoms with E-state index >= 15 is 0 Å². The molecule has 0 radical (unpaired) electrons. The molecule has 0 bridgehead atoms. The van der Waals surface area contributed by atoms with E-state index in [1.807, 2.05) is 6.92 Å². The van der Waals surface area contributed by atoms with Crippen LogP contribution in [0.3, 0.4) is 0 Å². The smallest absolute Gasteiger partial charge is 0.119 e. The van der Waals surface area contributed by atoms with Gasteiger partial charge in [-0.3, -0.25) is 0 Å². The topological polar surface area (TPSA) is 9.23 Å². The summed E-state index contributed by atoms with van der Waals surface area (Å²) in [5.41, 5.74) is 7.41. The minimum Gasteiger partial charge on any atom is -0.494 e. The highest BCUT2D eigenvalue weighted by Gasteiger charge is 2.14. The lowest BCUT2D eigenvalue weighted by molar-refractivity contribution is 0.341. The summed E-state index contributed by atoms with van der Waals surface area (Å²) in [6, 6.07) is 40.9. The highest BCUT2D eigenvalue weighted by molar-refractivity contribution is 5.98. The van der Waals surface area contributed by atoms with Crippen LogP contribution in [0.1, 0.15) is 6.92 Å². The summed E-state index contributed by atoms with van der Waals surface area (Å²) in [5.74, 6) is 0.914. The Bertz CT molecular complexity index is 1260. The largest absolute Gasteiger partial charge is 0.494 e. The van der Waals surface area contributed by atoms with Crippen molar-refractivity contribution in [3.63, 3.8) is 0 Å². The fourth-order valence-corrected chi connectivity index (χ4v) is 4.22. The fraction of sp³-hybridized carbons (Fsp3) is 0.0667. The van der Waals surface area contributed by atoms with Gasteiger partial charge in [0, 0.05) is 0 Å². The lowest BCUT2D eigenvalue weighted by atomic mass is 9.87. The number of hydrogen-bond donors (Lipinski definition) is 0. The van der Waals surface area contributed by atoms with Gasteiger partial charge < -0.3 is 4.74 Å². The monoisotopic (exact) mass is 400 g/mol. The van der Waals surface area contributed by atoms with Crippen LogP contribution in [0.2, 0.25) is 0 Å². The quantitative estimate of drug-likeness (QED) is 0.289. The Morgan fingerprint density at radius 1 is 0.516 bits per heavy atom. The highest BCUT2D eigenvalue weighted by atomic mass is 16.5. The first kappa shape index (κ1) is 19.1. The number of ether oxygens (including phenoxy) is 1. The second-order valence-electron chi connectivity index (χ2n) is 7.62. The molecule has 5 rings (SSSR count). The van der Waals surface area contributed by atoms with E-state index in [1.54, 1.807) is 0 Å². The molecule has 0 spiro atoms. The molecule has 0 N–H and O–H groups in total. The molecule has 31 heavy (non-hydrogen) atoms. The molecule has 1 nitrogen and oxygen atoms in total. The van der Waals surface area contributed by atoms with Crippen LogP contribution in [0.4, 0.5) is 0 Å². The number of fused-ring (bicyclic) bond motifs is 1. The number of benzene rings is 5. The van der Waals surface area contributed by atoms with Crippen molar-refractivity contribution in [3.8, 4) is 39.1 Å². The molecule has 0 aromatic heterocycles. The maximum atomic E-state index is 5.68. The van der Waals surface area contributed by atoms with E-state index in [4.69, 9.17) is 4.74 Å². The average Bonchev–Trinajstić information content (AvgIpc) is 2.84. The normalized spacial score (nSPS) is 10.9. The lowest BCUT2D eigenvalue weighted by Gasteiger charge is -2.17. The third kappa shape index (κ3) is 3.83. The van der Waals surface area contributed by atoms with Crippen molar-refractivity contribution in [2.24, 2.45) is 0 Å². The van der Waals surface area contributed by atoms with E-state index in [9.17, 15) is 0 Å². The first-order valence-electron chi connectivity index (χ1n) is 10.7. The van der Waals surface area contributed by atoms with Crippen LogP contribution < -0.4 is 4.74 Å². The molecule has 150 valence electrons.